The number of fused-ring (bicyclic) bond motifs is 1. The molecule has 3 rings (SSSR count). The summed E-state index contributed by atoms with van der Waals surface area (Å²) in [7, 11) is 0. The summed E-state index contributed by atoms with van der Waals surface area (Å²) in [6, 6.07) is 10.4. The van der Waals surface area contributed by atoms with Crippen LogP contribution in [0.3, 0.4) is 0 Å². The molecule has 0 fully saturated rings. The third-order valence-corrected chi connectivity index (χ3v) is 4.97. The fourth-order valence-electron chi connectivity index (χ4n) is 2.10. The van der Waals surface area contributed by atoms with E-state index < -0.39 is 0 Å². The van der Waals surface area contributed by atoms with Gasteiger partial charge in [0, 0.05) is 10.9 Å². The predicted molar refractivity (Wildman–Crippen MR) is 87.4 cm³/mol. The fraction of sp³-hybridized carbons (Fsp3) is 0.0667. The molecule has 100 valence electrons. The highest BCUT2D eigenvalue weighted by atomic mass is 127. The number of hydrogen-bond acceptors (Lipinski definition) is 2. The first kappa shape index (κ1) is 13.7. The van der Waals surface area contributed by atoms with E-state index in [1.54, 1.807) is 12.1 Å². The van der Waals surface area contributed by atoms with E-state index in [0.717, 1.165) is 20.2 Å². The maximum atomic E-state index is 13.8. The van der Waals surface area contributed by atoms with Crippen LogP contribution in [0, 0.1) is 16.3 Å². The minimum atomic E-state index is -0.252. The number of hydrogen-bond donors (Lipinski definition) is 0. The van der Waals surface area contributed by atoms with Gasteiger partial charge >= 0.3 is 0 Å². The number of rotatable bonds is 1. The Morgan fingerprint density at radius 1 is 1.05 bits per heavy atom. The van der Waals surface area contributed by atoms with E-state index in [9.17, 15) is 4.39 Å². The van der Waals surface area contributed by atoms with E-state index >= 15 is 0 Å². The van der Waals surface area contributed by atoms with Crippen molar-refractivity contribution in [3.8, 4) is 11.4 Å². The highest BCUT2D eigenvalue weighted by Gasteiger charge is 2.13. The second-order valence-electron chi connectivity index (χ2n) is 4.38. The van der Waals surface area contributed by atoms with Crippen LogP contribution >= 0.6 is 34.2 Å². The van der Waals surface area contributed by atoms with Crippen molar-refractivity contribution in [2.24, 2.45) is 0 Å². The van der Waals surface area contributed by atoms with E-state index in [2.05, 4.69) is 32.6 Å². The Labute approximate surface area is 134 Å². The molecule has 1 heterocycles. The molecule has 0 spiro atoms. The lowest BCUT2D eigenvalue weighted by atomic mass is 10.0. The molecule has 0 aliphatic heterocycles. The van der Waals surface area contributed by atoms with Crippen molar-refractivity contribution in [2.75, 3.05) is 0 Å². The van der Waals surface area contributed by atoms with Gasteiger partial charge in [0.15, 0.2) is 5.82 Å². The molecule has 0 radical (unpaired) electrons. The van der Waals surface area contributed by atoms with Crippen molar-refractivity contribution in [3.05, 3.63) is 56.6 Å². The summed E-state index contributed by atoms with van der Waals surface area (Å²) in [6.07, 6.45) is 0. The number of aryl methyl sites for hydroxylation is 1. The SMILES string of the molecule is Cc1nc(-c2ccc(F)c3ccccc23)nc(Cl)c1I. The first-order valence-corrected chi connectivity index (χ1v) is 7.41. The number of nitrogens with zero attached hydrogens (tertiary/aromatic N) is 2. The monoisotopic (exact) mass is 398 g/mol. The van der Waals surface area contributed by atoms with Crippen molar-refractivity contribution >= 4 is 45.0 Å². The summed E-state index contributed by atoms with van der Waals surface area (Å²) in [4.78, 5) is 8.77. The molecule has 0 saturated carbocycles. The molecule has 0 atom stereocenters. The Kier molecular flexibility index (Phi) is 3.60. The van der Waals surface area contributed by atoms with Crippen LogP contribution in [0.5, 0.6) is 0 Å². The maximum absolute atomic E-state index is 13.8. The quantitative estimate of drug-likeness (QED) is 0.426. The van der Waals surface area contributed by atoms with E-state index in [-0.39, 0.29) is 5.82 Å². The molecule has 20 heavy (non-hydrogen) atoms. The average Bonchev–Trinajstić information content (AvgIpc) is 2.45. The molecule has 1 aromatic heterocycles. The third-order valence-electron chi connectivity index (χ3n) is 3.09. The summed E-state index contributed by atoms with van der Waals surface area (Å²) < 4.78 is 14.7. The zero-order chi connectivity index (χ0) is 14.3. The molecular weight excluding hydrogens is 390 g/mol. The minimum absolute atomic E-state index is 0.252. The predicted octanol–water partition coefficient (Wildman–Crippen LogP) is 5.00. The topological polar surface area (TPSA) is 25.8 Å². The van der Waals surface area contributed by atoms with Crippen LogP contribution in [0.2, 0.25) is 5.15 Å². The van der Waals surface area contributed by atoms with Crippen LogP contribution < -0.4 is 0 Å². The van der Waals surface area contributed by atoms with E-state index in [1.165, 1.54) is 6.07 Å². The molecule has 2 nitrogen and oxygen atoms in total. The Hall–Kier alpha value is -1.27. The molecule has 0 amide bonds. The number of halogens is 3. The summed E-state index contributed by atoms with van der Waals surface area (Å²) in [5, 5.41) is 1.76. The van der Waals surface area contributed by atoms with E-state index in [1.807, 2.05) is 25.1 Å². The maximum Gasteiger partial charge on any atom is 0.161 e. The van der Waals surface area contributed by atoms with Gasteiger partial charge in [-0.3, -0.25) is 0 Å². The molecule has 0 N–H and O–H groups in total. The second-order valence-corrected chi connectivity index (χ2v) is 5.81. The van der Waals surface area contributed by atoms with Gasteiger partial charge in [-0.25, -0.2) is 14.4 Å². The number of aromatic nitrogens is 2. The van der Waals surface area contributed by atoms with Crippen LogP contribution in [0.1, 0.15) is 5.69 Å². The van der Waals surface area contributed by atoms with Gasteiger partial charge in [-0.2, -0.15) is 0 Å². The van der Waals surface area contributed by atoms with E-state index in [0.29, 0.717) is 16.4 Å². The molecule has 0 saturated heterocycles. The molecule has 0 unspecified atom stereocenters. The van der Waals surface area contributed by atoms with E-state index in [4.69, 9.17) is 11.6 Å². The zero-order valence-corrected chi connectivity index (χ0v) is 13.4. The summed E-state index contributed by atoms with van der Waals surface area (Å²) in [6.45, 7) is 1.88. The van der Waals surface area contributed by atoms with Gasteiger partial charge in [0.25, 0.3) is 0 Å². The molecule has 0 aliphatic carbocycles. The lowest BCUT2D eigenvalue weighted by molar-refractivity contribution is 0.640. The lowest BCUT2D eigenvalue weighted by Crippen LogP contribution is -1.97. The van der Waals surface area contributed by atoms with Crippen LogP contribution in [0.25, 0.3) is 22.2 Å². The van der Waals surface area contributed by atoms with Gasteiger partial charge in [0.1, 0.15) is 11.0 Å². The van der Waals surface area contributed by atoms with Crippen LogP contribution in [-0.2, 0) is 0 Å². The van der Waals surface area contributed by atoms with Crippen molar-refractivity contribution in [1.82, 2.24) is 9.97 Å². The number of benzene rings is 2. The normalized spacial score (nSPS) is 11.0. The zero-order valence-electron chi connectivity index (χ0n) is 10.5. The first-order chi connectivity index (χ1) is 9.58. The lowest BCUT2D eigenvalue weighted by Gasteiger charge is -2.08. The Bertz CT molecular complexity index is 797. The molecule has 5 heteroatoms. The molecule has 2 aromatic carbocycles. The van der Waals surface area contributed by atoms with Crippen LogP contribution in [0.4, 0.5) is 4.39 Å². The highest BCUT2D eigenvalue weighted by molar-refractivity contribution is 14.1. The largest absolute Gasteiger partial charge is 0.232 e. The third kappa shape index (κ3) is 2.27. The second kappa shape index (κ2) is 5.26. The Morgan fingerprint density at radius 3 is 2.45 bits per heavy atom. The molecular formula is C15H9ClFIN2. The fourth-order valence-corrected chi connectivity index (χ4v) is 2.56. The average molecular weight is 399 g/mol. The molecule has 0 aliphatic rings. The Balaban J connectivity index is 2.33. The van der Waals surface area contributed by atoms with Gasteiger partial charge < -0.3 is 0 Å². The highest BCUT2D eigenvalue weighted by Crippen LogP contribution is 2.30. The van der Waals surface area contributed by atoms with Gasteiger partial charge in [0.05, 0.1) is 9.26 Å². The van der Waals surface area contributed by atoms with Crippen molar-refractivity contribution in [3.63, 3.8) is 0 Å². The summed E-state index contributed by atoms with van der Waals surface area (Å²) in [5.41, 5.74) is 1.59. The summed E-state index contributed by atoms with van der Waals surface area (Å²) in [5.74, 6) is 0.266. The van der Waals surface area contributed by atoms with Crippen LogP contribution in [0.15, 0.2) is 36.4 Å². The van der Waals surface area contributed by atoms with Gasteiger partial charge in [0.2, 0.25) is 0 Å². The van der Waals surface area contributed by atoms with Gasteiger partial charge in [-0.15, -0.1) is 0 Å². The van der Waals surface area contributed by atoms with Gasteiger partial charge in [-0.1, -0.05) is 35.9 Å². The molecule has 3 aromatic rings. The Morgan fingerprint density at radius 2 is 1.75 bits per heavy atom. The molecule has 0 bridgehead atoms. The van der Waals surface area contributed by atoms with Crippen LogP contribution in [-0.4, -0.2) is 9.97 Å². The van der Waals surface area contributed by atoms with Gasteiger partial charge in [-0.05, 0) is 47.0 Å². The smallest absolute Gasteiger partial charge is 0.161 e. The first-order valence-electron chi connectivity index (χ1n) is 5.95. The summed E-state index contributed by atoms with van der Waals surface area (Å²) >= 11 is 8.23. The minimum Gasteiger partial charge on any atom is -0.232 e. The standard InChI is InChI=1S/C15H9ClFIN2/c1-8-13(18)14(16)20-15(19-8)11-6-7-12(17)10-5-3-2-4-9(10)11/h2-7H,1H3. The van der Waals surface area contributed by atoms with Crippen molar-refractivity contribution in [2.45, 2.75) is 6.92 Å². The van der Waals surface area contributed by atoms with Crippen molar-refractivity contribution < 1.29 is 4.39 Å². The van der Waals surface area contributed by atoms with Crippen molar-refractivity contribution in [1.29, 1.82) is 0 Å².